The molecule has 0 bridgehead atoms. The maximum Gasteiger partial charge on any atom is 0.254 e. The lowest BCUT2D eigenvalue weighted by atomic mass is 10.1. The average Bonchev–Trinajstić information content (AvgIpc) is 3.20. The number of nitrogens with one attached hydrogen (secondary N) is 4. The summed E-state index contributed by atoms with van der Waals surface area (Å²) >= 11 is 0. The Morgan fingerprint density at radius 1 is 1.10 bits per heavy atom. The van der Waals surface area contributed by atoms with Crippen molar-refractivity contribution in [3.8, 4) is 11.4 Å². The summed E-state index contributed by atoms with van der Waals surface area (Å²) in [6.07, 6.45) is -0.189. The van der Waals surface area contributed by atoms with E-state index in [0.29, 0.717) is 22.8 Å². The van der Waals surface area contributed by atoms with Crippen molar-refractivity contribution in [2.24, 2.45) is 0 Å². The molecule has 158 valence electrons. The third kappa shape index (κ3) is 4.45. The molecule has 1 aromatic heterocycles. The van der Waals surface area contributed by atoms with Gasteiger partial charge in [-0.25, -0.2) is 4.98 Å². The first kappa shape index (κ1) is 20.3. The lowest BCUT2D eigenvalue weighted by molar-refractivity contribution is -0.122. The summed E-state index contributed by atoms with van der Waals surface area (Å²) in [7, 11) is 0. The standard InChI is InChI=1S/C22H22N6O3/c1-12(2)19-26-20(28-27-19)13-7-9-14(10-8-13)23-18(29)11-17-22(31)24-16-6-4-3-5-15(16)21(30)25-17/h3-10,12,17H,11H2,1-2H3,(H,23,29)(H,24,31)(H,25,30)(H,26,27,28)/t17-/m0/s1. The number of H-pyrrole nitrogens is 1. The number of nitrogens with zero attached hydrogens (tertiary/aromatic N) is 2. The van der Waals surface area contributed by atoms with Crippen molar-refractivity contribution in [1.82, 2.24) is 20.5 Å². The molecule has 0 unspecified atom stereocenters. The van der Waals surface area contributed by atoms with Gasteiger partial charge in [0.25, 0.3) is 5.91 Å². The molecule has 4 N–H and O–H groups in total. The second kappa shape index (κ2) is 8.39. The fourth-order valence-corrected chi connectivity index (χ4v) is 3.22. The van der Waals surface area contributed by atoms with Crippen LogP contribution in [0.2, 0.25) is 0 Å². The Balaban J connectivity index is 1.39. The minimum Gasteiger partial charge on any atom is -0.340 e. The van der Waals surface area contributed by atoms with E-state index in [-0.39, 0.29) is 18.2 Å². The molecule has 2 aromatic carbocycles. The van der Waals surface area contributed by atoms with E-state index in [0.717, 1.165) is 11.4 Å². The molecule has 0 radical (unpaired) electrons. The summed E-state index contributed by atoms with van der Waals surface area (Å²) in [4.78, 5) is 41.7. The lowest BCUT2D eigenvalue weighted by Gasteiger charge is -2.14. The van der Waals surface area contributed by atoms with Gasteiger partial charge in [0, 0.05) is 17.2 Å². The van der Waals surface area contributed by atoms with Crippen molar-refractivity contribution in [1.29, 1.82) is 0 Å². The van der Waals surface area contributed by atoms with Crippen LogP contribution >= 0.6 is 0 Å². The second-order valence-corrected chi connectivity index (χ2v) is 7.59. The largest absolute Gasteiger partial charge is 0.340 e. The predicted molar refractivity (Wildman–Crippen MR) is 115 cm³/mol. The van der Waals surface area contributed by atoms with E-state index in [1.165, 1.54) is 0 Å². The molecule has 0 spiro atoms. The van der Waals surface area contributed by atoms with Crippen molar-refractivity contribution in [3.05, 3.63) is 59.9 Å². The molecule has 3 amide bonds. The Bertz CT molecular complexity index is 1140. The van der Waals surface area contributed by atoms with Crippen LogP contribution in [0, 0.1) is 0 Å². The van der Waals surface area contributed by atoms with Crippen molar-refractivity contribution in [3.63, 3.8) is 0 Å². The third-order valence-electron chi connectivity index (χ3n) is 4.92. The summed E-state index contributed by atoms with van der Waals surface area (Å²) in [5.74, 6) is 0.406. The van der Waals surface area contributed by atoms with Crippen molar-refractivity contribution >= 4 is 29.1 Å². The van der Waals surface area contributed by atoms with E-state index < -0.39 is 17.9 Å². The first-order chi connectivity index (χ1) is 14.9. The molecule has 0 saturated heterocycles. The summed E-state index contributed by atoms with van der Waals surface area (Å²) in [5.41, 5.74) is 2.17. The third-order valence-corrected chi connectivity index (χ3v) is 4.92. The van der Waals surface area contributed by atoms with Gasteiger partial charge in [0.2, 0.25) is 11.8 Å². The minimum absolute atomic E-state index is 0.189. The van der Waals surface area contributed by atoms with Crippen LogP contribution in [-0.4, -0.2) is 38.9 Å². The first-order valence-electron chi connectivity index (χ1n) is 9.94. The van der Waals surface area contributed by atoms with Gasteiger partial charge in [0.05, 0.1) is 17.7 Å². The molecule has 9 heteroatoms. The Morgan fingerprint density at radius 2 is 1.84 bits per heavy atom. The zero-order valence-electron chi connectivity index (χ0n) is 17.1. The molecule has 0 saturated carbocycles. The zero-order chi connectivity index (χ0) is 22.0. The molecule has 1 aliphatic heterocycles. The first-order valence-corrected chi connectivity index (χ1v) is 9.94. The molecule has 1 atom stereocenters. The van der Waals surface area contributed by atoms with E-state index in [1.54, 1.807) is 48.5 Å². The summed E-state index contributed by atoms with van der Waals surface area (Å²) < 4.78 is 0. The van der Waals surface area contributed by atoms with E-state index >= 15 is 0 Å². The van der Waals surface area contributed by atoms with Gasteiger partial charge in [-0.15, -0.1) is 0 Å². The Morgan fingerprint density at radius 3 is 2.55 bits per heavy atom. The Hall–Kier alpha value is -4.01. The molecule has 3 aromatic rings. The van der Waals surface area contributed by atoms with Gasteiger partial charge in [-0.05, 0) is 36.4 Å². The van der Waals surface area contributed by atoms with Crippen LogP contribution < -0.4 is 16.0 Å². The molecule has 4 rings (SSSR count). The SMILES string of the molecule is CC(C)c1nc(-c2ccc(NC(=O)C[C@@H]3NC(=O)c4ccccc4NC3=O)cc2)n[nH]1. The number of hydrogen-bond acceptors (Lipinski definition) is 5. The number of aromatic nitrogens is 3. The highest BCUT2D eigenvalue weighted by atomic mass is 16.2. The van der Waals surface area contributed by atoms with Crippen molar-refractivity contribution in [2.45, 2.75) is 32.2 Å². The minimum atomic E-state index is -0.970. The van der Waals surface area contributed by atoms with E-state index in [2.05, 4.69) is 31.1 Å². The van der Waals surface area contributed by atoms with E-state index in [9.17, 15) is 14.4 Å². The fourth-order valence-electron chi connectivity index (χ4n) is 3.22. The average molecular weight is 418 g/mol. The van der Waals surface area contributed by atoms with Crippen molar-refractivity contribution in [2.75, 3.05) is 10.6 Å². The summed E-state index contributed by atoms with van der Waals surface area (Å²) in [5, 5.41) is 15.2. The van der Waals surface area contributed by atoms with Gasteiger partial charge in [-0.1, -0.05) is 26.0 Å². The summed E-state index contributed by atoms with van der Waals surface area (Å²) in [6, 6.07) is 12.8. The number of amides is 3. The van der Waals surface area contributed by atoms with Crippen LogP contribution in [0.1, 0.15) is 42.4 Å². The molecular formula is C22H22N6O3. The highest BCUT2D eigenvalue weighted by Gasteiger charge is 2.29. The van der Waals surface area contributed by atoms with Crippen LogP contribution in [0.3, 0.4) is 0 Å². The number of para-hydroxylation sites is 1. The number of anilines is 2. The number of carbonyl (C=O) groups excluding carboxylic acids is 3. The number of aromatic amines is 1. The van der Waals surface area contributed by atoms with Crippen LogP contribution in [0.5, 0.6) is 0 Å². The molecule has 0 fully saturated rings. The van der Waals surface area contributed by atoms with Crippen LogP contribution in [-0.2, 0) is 9.59 Å². The number of fused-ring (bicyclic) bond motifs is 1. The van der Waals surface area contributed by atoms with Gasteiger partial charge >= 0.3 is 0 Å². The number of carbonyl (C=O) groups is 3. The molecule has 31 heavy (non-hydrogen) atoms. The van der Waals surface area contributed by atoms with Crippen molar-refractivity contribution < 1.29 is 14.4 Å². The highest BCUT2D eigenvalue weighted by molar-refractivity contribution is 6.11. The van der Waals surface area contributed by atoms with Gasteiger partial charge in [-0.3, -0.25) is 19.5 Å². The highest BCUT2D eigenvalue weighted by Crippen LogP contribution is 2.21. The number of hydrogen-bond donors (Lipinski definition) is 4. The predicted octanol–water partition coefficient (Wildman–Crippen LogP) is 2.67. The normalized spacial score (nSPS) is 15.6. The van der Waals surface area contributed by atoms with Gasteiger partial charge in [0.15, 0.2) is 5.82 Å². The quantitative estimate of drug-likeness (QED) is 0.506. The fraction of sp³-hybridized carbons (Fsp3) is 0.227. The molecule has 0 aliphatic carbocycles. The molecule has 1 aliphatic rings. The lowest BCUT2D eigenvalue weighted by Crippen LogP contribution is -2.43. The monoisotopic (exact) mass is 418 g/mol. The van der Waals surface area contributed by atoms with E-state index in [4.69, 9.17) is 0 Å². The Kier molecular flexibility index (Phi) is 5.48. The number of benzene rings is 2. The van der Waals surface area contributed by atoms with Crippen LogP contribution in [0.4, 0.5) is 11.4 Å². The van der Waals surface area contributed by atoms with E-state index in [1.807, 2.05) is 13.8 Å². The smallest absolute Gasteiger partial charge is 0.254 e. The summed E-state index contributed by atoms with van der Waals surface area (Å²) in [6.45, 7) is 4.05. The van der Waals surface area contributed by atoms with Crippen LogP contribution in [0.25, 0.3) is 11.4 Å². The second-order valence-electron chi connectivity index (χ2n) is 7.59. The molecule has 2 heterocycles. The Labute approximate surface area is 178 Å². The van der Waals surface area contributed by atoms with Gasteiger partial charge in [-0.2, -0.15) is 5.10 Å². The zero-order valence-corrected chi connectivity index (χ0v) is 17.1. The maximum absolute atomic E-state index is 12.5. The van der Waals surface area contributed by atoms with Gasteiger partial charge in [0.1, 0.15) is 11.9 Å². The van der Waals surface area contributed by atoms with Crippen LogP contribution in [0.15, 0.2) is 48.5 Å². The molecule has 9 nitrogen and oxygen atoms in total. The molecular weight excluding hydrogens is 396 g/mol. The number of rotatable bonds is 5. The topological polar surface area (TPSA) is 129 Å². The van der Waals surface area contributed by atoms with Gasteiger partial charge < -0.3 is 16.0 Å². The maximum atomic E-state index is 12.5.